The predicted octanol–water partition coefficient (Wildman–Crippen LogP) is 2.81. The zero-order chi connectivity index (χ0) is 12.3. The Hall–Kier alpha value is -1.39. The molecule has 2 heterocycles. The first kappa shape index (κ1) is 12.1. The summed E-state index contributed by atoms with van der Waals surface area (Å²) < 4.78 is 0. The van der Waals surface area contributed by atoms with Crippen LogP contribution in [0.3, 0.4) is 0 Å². The van der Waals surface area contributed by atoms with Crippen LogP contribution in [0.2, 0.25) is 10.3 Å². The summed E-state index contributed by atoms with van der Waals surface area (Å²) in [6.07, 6.45) is 5.03. The number of rotatable bonds is 3. The van der Waals surface area contributed by atoms with Gasteiger partial charge in [0.2, 0.25) is 5.28 Å². The van der Waals surface area contributed by atoms with Crippen molar-refractivity contribution in [1.29, 1.82) is 0 Å². The summed E-state index contributed by atoms with van der Waals surface area (Å²) in [4.78, 5) is 13.9. The molecule has 2 aromatic rings. The molecule has 2 aromatic heterocycles. The average Bonchev–Trinajstić information content (AvgIpc) is 2.33. The Labute approximate surface area is 109 Å². The second-order valence-electron chi connectivity index (χ2n) is 3.53. The highest BCUT2D eigenvalue weighted by molar-refractivity contribution is 6.33. The number of aromatic nitrogens is 3. The molecule has 0 amide bonds. The Kier molecular flexibility index (Phi) is 3.76. The van der Waals surface area contributed by atoms with Crippen LogP contribution in [-0.4, -0.2) is 22.0 Å². The monoisotopic (exact) mass is 268 g/mol. The number of anilines is 1. The van der Waals surface area contributed by atoms with Crippen LogP contribution in [0, 0.1) is 0 Å². The zero-order valence-electron chi connectivity index (χ0n) is 9.14. The summed E-state index contributed by atoms with van der Waals surface area (Å²) in [5.74, 6) is 0.607. The number of hydrogen-bond acceptors (Lipinski definition) is 4. The van der Waals surface area contributed by atoms with E-state index >= 15 is 0 Å². The van der Waals surface area contributed by atoms with E-state index in [4.69, 9.17) is 23.2 Å². The van der Waals surface area contributed by atoms with Gasteiger partial charge in [-0.3, -0.25) is 4.98 Å². The van der Waals surface area contributed by atoms with Gasteiger partial charge in [0.25, 0.3) is 0 Å². The molecule has 0 aliphatic heterocycles. The summed E-state index contributed by atoms with van der Waals surface area (Å²) in [6.45, 7) is 0.654. The third-order valence-electron chi connectivity index (χ3n) is 2.20. The van der Waals surface area contributed by atoms with Crippen LogP contribution < -0.4 is 4.90 Å². The molecule has 0 spiro atoms. The molecule has 0 saturated heterocycles. The van der Waals surface area contributed by atoms with E-state index in [0.29, 0.717) is 17.4 Å². The topological polar surface area (TPSA) is 41.9 Å². The summed E-state index contributed by atoms with van der Waals surface area (Å²) in [6, 6.07) is 3.87. The quantitative estimate of drug-likeness (QED) is 0.803. The third-order valence-corrected chi connectivity index (χ3v) is 2.65. The molecule has 2 rings (SSSR count). The van der Waals surface area contributed by atoms with Gasteiger partial charge in [0.15, 0.2) is 5.82 Å². The lowest BCUT2D eigenvalue weighted by molar-refractivity contribution is 0.885. The van der Waals surface area contributed by atoms with Crippen molar-refractivity contribution in [2.24, 2.45) is 0 Å². The van der Waals surface area contributed by atoms with E-state index in [1.165, 1.54) is 6.20 Å². The fraction of sp³-hybridized carbons (Fsp3) is 0.182. The van der Waals surface area contributed by atoms with E-state index < -0.39 is 0 Å². The van der Waals surface area contributed by atoms with Crippen molar-refractivity contribution in [2.45, 2.75) is 6.54 Å². The van der Waals surface area contributed by atoms with Crippen LogP contribution in [-0.2, 0) is 6.54 Å². The summed E-state index contributed by atoms with van der Waals surface area (Å²) >= 11 is 11.8. The molecule has 0 aromatic carbocycles. The van der Waals surface area contributed by atoms with Crippen LogP contribution in [0.5, 0.6) is 0 Å². The average molecular weight is 269 g/mol. The fourth-order valence-electron chi connectivity index (χ4n) is 1.45. The summed E-state index contributed by atoms with van der Waals surface area (Å²) in [5.41, 5.74) is 1.07. The van der Waals surface area contributed by atoms with E-state index in [-0.39, 0.29) is 5.28 Å². The van der Waals surface area contributed by atoms with Crippen LogP contribution in [0.15, 0.2) is 30.7 Å². The highest BCUT2D eigenvalue weighted by Crippen LogP contribution is 2.23. The second kappa shape index (κ2) is 5.29. The van der Waals surface area contributed by atoms with Gasteiger partial charge in [-0.05, 0) is 23.2 Å². The van der Waals surface area contributed by atoms with Gasteiger partial charge in [-0.2, -0.15) is 4.98 Å². The molecule has 0 radical (unpaired) electrons. The number of halogens is 2. The molecule has 4 nitrogen and oxygen atoms in total. The molecule has 0 saturated carbocycles. The van der Waals surface area contributed by atoms with Crippen LogP contribution in [0.25, 0.3) is 0 Å². The largest absolute Gasteiger partial charge is 0.354 e. The summed E-state index contributed by atoms with van der Waals surface area (Å²) in [7, 11) is 1.89. The van der Waals surface area contributed by atoms with Gasteiger partial charge < -0.3 is 4.90 Å². The highest BCUT2D eigenvalue weighted by atomic mass is 35.5. The first-order valence-electron chi connectivity index (χ1n) is 4.95. The van der Waals surface area contributed by atoms with E-state index in [1.807, 2.05) is 24.1 Å². The molecule has 0 N–H and O–H groups in total. The normalized spacial score (nSPS) is 10.3. The standard InChI is InChI=1S/C11H10Cl2N4/c1-17(7-8-3-2-4-14-5-8)10-9(12)6-15-11(13)16-10/h2-6H,7H2,1H3. The molecular weight excluding hydrogens is 259 g/mol. The van der Waals surface area contributed by atoms with Crippen molar-refractivity contribution in [1.82, 2.24) is 15.0 Å². The molecule has 0 unspecified atom stereocenters. The van der Waals surface area contributed by atoms with Crippen molar-refractivity contribution in [2.75, 3.05) is 11.9 Å². The highest BCUT2D eigenvalue weighted by Gasteiger charge is 2.09. The minimum absolute atomic E-state index is 0.183. The van der Waals surface area contributed by atoms with Crippen molar-refractivity contribution < 1.29 is 0 Å². The Bertz CT molecular complexity index is 504. The summed E-state index contributed by atoms with van der Waals surface area (Å²) in [5, 5.41) is 0.656. The minimum atomic E-state index is 0.183. The van der Waals surface area contributed by atoms with E-state index in [2.05, 4.69) is 15.0 Å². The Morgan fingerprint density at radius 3 is 2.82 bits per heavy atom. The SMILES string of the molecule is CN(Cc1cccnc1)c1nc(Cl)ncc1Cl. The molecular formula is C11H10Cl2N4. The van der Waals surface area contributed by atoms with Crippen molar-refractivity contribution in [3.05, 3.63) is 46.6 Å². The smallest absolute Gasteiger partial charge is 0.224 e. The number of pyridine rings is 1. The molecule has 0 atom stereocenters. The van der Waals surface area contributed by atoms with Crippen molar-refractivity contribution in [3.63, 3.8) is 0 Å². The lowest BCUT2D eigenvalue weighted by Crippen LogP contribution is -2.18. The van der Waals surface area contributed by atoms with Crippen molar-refractivity contribution >= 4 is 29.0 Å². The van der Waals surface area contributed by atoms with E-state index in [1.54, 1.807) is 12.4 Å². The molecule has 0 aliphatic carbocycles. The maximum absolute atomic E-state index is 6.02. The fourth-order valence-corrected chi connectivity index (χ4v) is 1.81. The Balaban J connectivity index is 2.20. The van der Waals surface area contributed by atoms with Crippen LogP contribution >= 0.6 is 23.2 Å². The van der Waals surface area contributed by atoms with E-state index in [0.717, 1.165) is 5.56 Å². The van der Waals surface area contributed by atoms with Crippen molar-refractivity contribution in [3.8, 4) is 0 Å². The van der Waals surface area contributed by atoms with Gasteiger partial charge in [0.1, 0.15) is 5.02 Å². The van der Waals surface area contributed by atoms with Gasteiger partial charge in [-0.25, -0.2) is 4.98 Å². The second-order valence-corrected chi connectivity index (χ2v) is 4.27. The Morgan fingerprint density at radius 2 is 2.12 bits per heavy atom. The predicted molar refractivity (Wildman–Crippen MR) is 68.4 cm³/mol. The van der Waals surface area contributed by atoms with Crippen LogP contribution in [0.4, 0.5) is 5.82 Å². The molecule has 0 aliphatic rings. The van der Waals surface area contributed by atoms with Gasteiger partial charge in [-0.1, -0.05) is 17.7 Å². The maximum Gasteiger partial charge on any atom is 0.224 e. The Morgan fingerprint density at radius 1 is 1.29 bits per heavy atom. The minimum Gasteiger partial charge on any atom is -0.354 e. The van der Waals surface area contributed by atoms with Gasteiger partial charge in [-0.15, -0.1) is 0 Å². The third kappa shape index (κ3) is 3.05. The molecule has 17 heavy (non-hydrogen) atoms. The molecule has 88 valence electrons. The van der Waals surface area contributed by atoms with E-state index in [9.17, 15) is 0 Å². The molecule has 0 bridgehead atoms. The lowest BCUT2D eigenvalue weighted by Gasteiger charge is -2.18. The first-order valence-corrected chi connectivity index (χ1v) is 5.70. The first-order chi connectivity index (χ1) is 8.16. The lowest BCUT2D eigenvalue weighted by atomic mass is 10.3. The maximum atomic E-state index is 6.02. The number of hydrogen-bond donors (Lipinski definition) is 0. The van der Waals surface area contributed by atoms with Gasteiger partial charge >= 0.3 is 0 Å². The van der Waals surface area contributed by atoms with Gasteiger partial charge in [0.05, 0.1) is 6.20 Å². The number of nitrogens with zero attached hydrogens (tertiary/aromatic N) is 4. The zero-order valence-corrected chi connectivity index (χ0v) is 10.7. The van der Waals surface area contributed by atoms with Crippen LogP contribution in [0.1, 0.15) is 5.56 Å². The van der Waals surface area contributed by atoms with Gasteiger partial charge in [0, 0.05) is 26.0 Å². The molecule has 0 fully saturated rings. The molecule has 6 heteroatoms.